The second kappa shape index (κ2) is 5.87. The fourth-order valence-electron chi connectivity index (χ4n) is 3.16. The number of aromatic nitrogens is 2. The Hall–Kier alpha value is -1.85. The molecular weight excluding hydrogens is 268 g/mol. The zero-order chi connectivity index (χ0) is 14.8. The minimum absolute atomic E-state index is 0.0287. The Morgan fingerprint density at radius 1 is 1.33 bits per heavy atom. The van der Waals surface area contributed by atoms with Crippen LogP contribution in [0.25, 0.3) is 0 Å². The predicted molar refractivity (Wildman–Crippen MR) is 78.8 cm³/mol. The molecule has 0 aliphatic carbocycles. The van der Waals surface area contributed by atoms with E-state index in [-0.39, 0.29) is 17.7 Å². The van der Waals surface area contributed by atoms with Crippen LogP contribution >= 0.6 is 0 Å². The van der Waals surface area contributed by atoms with Gasteiger partial charge in [-0.25, -0.2) is 0 Å². The number of piperidine rings is 1. The van der Waals surface area contributed by atoms with Gasteiger partial charge in [-0.15, -0.1) is 0 Å². The lowest BCUT2D eigenvalue weighted by Gasteiger charge is -2.28. The van der Waals surface area contributed by atoms with Crippen LogP contribution in [0.1, 0.15) is 32.6 Å². The fraction of sp³-hybridized carbons (Fsp3) is 0.667. The summed E-state index contributed by atoms with van der Waals surface area (Å²) < 4.78 is 1.79. The average Bonchev–Trinajstić information content (AvgIpc) is 3.13. The third-order valence-electron chi connectivity index (χ3n) is 4.40. The van der Waals surface area contributed by atoms with E-state index in [1.54, 1.807) is 15.8 Å². The van der Waals surface area contributed by atoms with Crippen LogP contribution in [0.2, 0.25) is 0 Å². The van der Waals surface area contributed by atoms with E-state index in [4.69, 9.17) is 0 Å². The van der Waals surface area contributed by atoms with E-state index in [0.717, 1.165) is 38.2 Å². The van der Waals surface area contributed by atoms with E-state index >= 15 is 0 Å². The van der Waals surface area contributed by atoms with E-state index in [2.05, 4.69) is 5.10 Å². The van der Waals surface area contributed by atoms with Crippen molar-refractivity contribution >= 4 is 17.5 Å². The lowest BCUT2D eigenvalue weighted by molar-refractivity contribution is -0.136. The molecule has 1 aromatic rings. The first-order chi connectivity index (χ1) is 10.2. The fourth-order valence-corrected chi connectivity index (χ4v) is 3.16. The Morgan fingerprint density at radius 2 is 2.10 bits per heavy atom. The van der Waals surface area contributed by atoms with Crippen molar-refractivity contribution in [3.63, 3.8) is 0 Å². The molecule has 0 spiro atoms. The van der Waals surface area contributed by atoms with Gasteiger partial charge in [0.25, 0.3) is 0 Å². The minimum Gasteiger partial charge on any atom is -0.342 e. The van der Waals surface area contributed by atoms with Crippen LogP contribution in [-0.2, 0) is 16.1 Å². The van der Waals surface area contributed by atoms with E-state index in [1.165, 1.54) is 6.42 Å². The van der Waals surface area contributed by atoms with Gasteiger partial charge in [-0.3, -0.25) is 14.3 Å². The summed E-state index contributed by atoms with van der Waals surface area (Å²) in [5, 5.41) is 4.20. The smallest absolute Gasteiger partial charge is 0.228 e. The standard InChI is InChI=1S/C15H22N4O2/c1-2-18-11-13(9-16-18)19-10-12(8-14(19)20)15(21)17-6-4-3-5-7-17/h9,11-12H,2-8,10H2,1H3/t12-/m1/s1. The summed E-state index contributed by atoms with van der Waals surface area (Å²) in [6, 6.07) is 0. The molecule has 0 saturated carbocycles. The summed E-state index contributed by atoms with van der Waals surface area (Å²) in [6.07, 6.45) is 7.27. The van der Waals surface area contributed by atoms with Crippen molar-refractivity contribution in [2.45, 2.75) is 39.2 Å². The monoisotopic (exact) mass is 290 g/mol. The highest BCUT2D eigenvalue weighted by molar-refractivity contribution is 6.00. The summed E-state index contributed by atoms with van der Waals surface area (Å²) in [5.41, 5.74) is 0.802. The molecule has 1 aromatic heterocycles. The van der Waals surface area contributed by atoms with Gasteiger partial charge in [-0.05, 0) is 26.2 Å². The van der Waals surface area contributed by atoms with Gasteiger partial charge in [-0.1, -0.05) is 0 Å². The largest absolute Gasteiger partial charge is 0.342 e. The molecule has 6 nitrogen and oxygen atoms in total. The lowest BCUT2D eigenvalue weighted by atomic mass is 10.0. The summed E-state index contributed by atoms with van der Waals surface area (Å²) >= 11 is 0. The molecule has 0 unspecified atom stereocenters. The van der Waals surface area contributed by atoms with Crippen LogP contribution in [0.3, 0.4) is 0 Å². The Kier molecular flexibility index (Phi) is 3.94. The van der Waals surface area contributed by atoms with Crippen molar-refractivity contribution in [1.29, 1.82) is 0 Å². The van der Waals surface area contributed by atoms with Gasteiger partial charge < -0.3 is 9.80 Å². The minimum atomic E-state index is -0.194. The SMILES string of the molecule is CCn1cc(N2C[C@H](C(=O)N3CCCCC3)CC2=O)cn1. The lowest BCUT2D eigenvalue weighted by Crippen LogP contribution is -2.40. The molecular formula is C15H22N4O2. The highest BCUT2D eigenvalue weighted by Gasteiger charge is 2.37. The van der Waals surface area contributed by atoms with Crippen LogP contribution in [0.15, 0.2) is 12.4 Å². The van der Waals surface area contributed by atoms with Crippen LogP contribution in [0, 0.1) is 5.92 Å². The van der Waals surface area contributed by atoms with Gasteiger partial charge in [0.2, 0.25) is 11.8 Å². The molecule has 0 aromatic carbocycles. The quantitative estimate of drug-likeness (QED) is 0.842. The summed E-state index contributed by atoms with van der Waals surface area (Å²) in [4.78, 5) is 28.3. The number of aryl methyl sites for hydroxylation is 1. The van der Waals surface area contributed by atoms with Crippen LogP contribution in [-0.4, -0.2) is 46.1 Å². The molecule has 0 bridgehead atoms. The van der Waals surface area contributed by atoms with Crippen molar-refractivity contribution in [3.8, 4) is 0 Å². The Bertz CT molecular complexity index is 534. The Labute approximate surface area is 124 Å². The first kappa shape index (κ1) is 14.1. The van der Waals surface area contributed by atoms with Crippen molar-refractivity contribution < 1.29 is 9.59 Å². The second-order valence-corrected chi connectivity index (χ2v) is 5.85. The van der Waals surface area contributed by atoms with Crippen LogP contribution < -0.4 is 4.90 Å². The van der Waals surface area contributed by atoms with E-state index in [9.17, 15) is 9.59 Å². The summed E-state index contributed by atoms with van der Waals surface area (Å²) in [5.74, 6) is -0.0185. The van der Waals surface area contributed by atoms with E-state index < -0.39 is 0 Å². The number of likely N-dealkylation sites (tertiary alicyclic amines) is 1. The van der Waals surface area contributed by atoms with Gasteiger partial charge in [0.1, 0.15) is 0 Å². The van der Waals surface area contributed by atoms with Gasteiger partial charge in [-0.2, -0.15) is 5.10 Å². The number of rotatable bonds is 3. The molecule has 2 amide bonds. The maximum absolute atomic E-state index is 12.5. The van der Waals surface area contributed by atoms with Gasteiger partial charge >= 0.3 is 0 Å². The molecule has 2 aliphatic rings. The number of carbonyl (C=O) groups is 2. The molecule has 0 N–H and O–H groups in total. The first-order valence-corrected chi connectivity index (χ1v) is 7.80. The molecule has 2 saturated heterocycles. The number of carbonyl (C=O) groups excluding carboxylic acids is 2. The van der Waals surface area contributed by atoms with Crippen molar-refractivity contribution in [2.24, 2.45) is 5.92 Å². The maximum Gasteiger partial charge on any atom is 0.228 e. The highest BCUT2D eigenvalue weighted by Crippen LogP contribution is 2.26. The number of nitrogens with zero attached hydrogens (tertiary/aromatic N) is 4. The molecule has 21 heavy (non-hydrogen) atoms. The Balaban J connectivity index is 1.67. The summed E-state index contributed by atoms with van der Waals surface area (Å²) in [7, 11) is 0. The van der Waals surface area contributed by atoms with Gasteiger partial charge in [0.05, 0.1) is 17.8 Å². The van der Waals surface area contributed by atoms with Crippen molar-refractivity contribution in [1.82, 2.24) is 14.7 Å². The molecule has 1 atom stereocenters. The topological polar surface area (TPSA) is 58.4 Å². The zero-order valence-electron chi connectivity index (χ0n) is 12.5. The van der Waals surface area contributed by atoms with Gasteiger partial charge in [0.15, 0.2) is 0 Å². The molecule has 2 aliphatic heterocycles. The average molecular weight is 290 g/mol. The molecule has 3 rings (SSSR count). The number of amides is 2. The van der Waals surface area contributed by atoms with Crippen LogP contribution in [0.4, 0.5) is 5.69 Å². The van der Waals surface area contributed by atoms with Crippen molar-refractivity contribution in [3.05, 3.63) is 12.4 Å². The van der Waals surface area contributed by atoms with Gasteiger partial charge in [0, 0.05) is 38.8 Å². The van der Waals surface area contributed by atoms with Crippen molar-refractivity contribution in [2.75, 3.05) is 24.5 Å². The molecule has 114 valence electrons. The third-order valence-corrected chi connectivity index (χ3v) is 4.40. The normalized spacial score (nSPS) is 22.9. The number of hydrogen-bond donors (Lipinski definition) is 0. The predicted octanol–water partition coefficient (Wildman–Crippen LogP) is 1.27. The molecule has 2 fully saturated rings. The Morgan fingerprint density at radius 3 is 2.76 bits per heavy atom. The maximum atomic E-state index is 12.5. The second-order valence-electron chi connectivity index (χ2n) is 5.85. The number of anilines is 1. The summed E-state index contributed by atoms with van der Waals surface area (Å²) in [6.45, 7) is 4.96. The first-order valence-electron chi connectivity index (χ1n) is 7.80. The van der Waals surface area contributed by atoms with E-state index in [1.807, 2.05) is 18.0 Å². The number of hydrogen-bond acceptors (Lipinski definition) is 3. The molecule has 3 heterocycles. The third kappa shape index (κ3) is 2.80. The highest BCUT2D eigenvalue weighted by atomic mass is 16.2. The zero-order valence-corrected chi connectivity index (χ0v) is 12.5. The van der Waals surface area contributed by atoms with Crippen LogP contribution in [0.5, 0.6) is 0 Å². The van der Waals surface area contributed by atoms with E-state index in [0.29, 0.717) is 13.0 Å². The molecule has 0 radical (unpaired) electrons. The molecule has 6 heteroatoms.